The molecule has 146 valence electrons. The molecular formula is C20H26BrN3O3. The lowest BCUT2D eigenvalue weighted by molar-refractivity contribution is -0.130. The second kappa shape index (κ2) is 8.99. The van der Waals surface area contributed by atoms with Crippen LogP contribution in [0.3, 0.4) is 0 Å². The minimum atomic E-state index is -0.566. The quantitative estimate of drug-likeness (QED) is 0.742. The maximum atomic E-state index is 12.7. The first kappa shape index (κ1) is 20.0. The van der Waals surface area contributed by atoms with Crippen molar-refractivity contribution >= 4 is 27.7 Å². The van der Waals surface area contributed by atoms with Crippen molar-refractivity contribution in [1.29, 1.82) is 0 Å². The molecule has 1 fully saturated rings. The Bertz CT molecular complexity index is 783. The molecule has 0 radical (unpaired) electrons. The van der Waals surface area contributed by atoms with Crippen molar-refractivity contribution < 1.29 is 14.3 Å². The SMILES string of the molecule is Cc1nn(C)c(NC(=O)C(C)OCC2CCCCO2)c1-c1ccc(Br)cc1. The molecule has 1 saturated heterocycles. The maximum absolute atomic E-state index is 12.7. The number of hydrogen-bond donors (Lipinski definition) is 1. The Balaban J connectivity index is 1.69. The van der Waals surface area contributed by atoms with Crippen LogP contribution in [-0.4, -0.2) is 41.1 Å². The first-order valence-electron chi connectivity index (χ1n) is 9.29. The molecule has 0 spiro atoms. The third-order valence-corrected chi connectivity index (χ3v) is 5.30. The highest BCUT2D eigenvalue weighted by molar-refractivity contribution is 9.10. The van der Waals surface area contributed by atoms with E-state index in [1.54, 1.807) is 11.6 Å². The Morgan fingerprint density at radius 3 is 2.81 bits per heavy atom. The summed E-state index contributed by atoms with van der Waals surface area (Å²) in [4.78, 5) is 12.7. The van der Waals surface area contributed by atoms with Crippen molar-refractivity contribution in [2.75, 3.05) is 18.5 Å². The molecule has 2 atom stereocenters. The lowest BCUT2D eigenvalue weighted by Crippen LogP contribution is -2.33. The smallest absolute Gasteiger partial charge is 0.254 e. The third-order valence-electron chi connectivity index (χ3n) is 4.77. The predicted molar refractivity (Wildman–Crippen MR) is 109 cm³/mol. The van der Waals surface area contributed by atoms with E-state index >= 15 is 0 Å². The van der Waals surface area contributed by atoms with E-state index < -0.39 is 6.10 Å². The second-order valence-electron chi connectivity index (χ2n) is 6.89. The number of aromatic nitrogens is 2. The average molecular weight is 436 g/mol. The highest BCUT2D eigenvalue weighted by Gasteiger charge is 2.22. The lowest BCUT2D eigenvalue weighted by atomic mass is 10.1. The summed E-state index contributed by atoms with van der Waals surface area (Å²) in [7, 11) is 1.83. The van der Waals surface area contributed by atoms with Crippen molar-refractivity contribution in [3.8, 4) is 11.1 Å². The number of rotatable bonds is 6. The highest BCUT2D eigenvalue weighted by atomic mass is 79.9. The van der Waals surface area contributed by atoms with Crippen molar-refractivity contribution in [2.45, 2.75) is 45.3 Å². The number of amides is 1. The fraction of sp³-hybridized carbons (Fsp3) is 0.500. The Labute approximate surface area is 168 Å². The average Bonchev–Trinajstić information content (AvgIpc) is 2.94. The zero-order chi connectivity index (χ0) is 19.4. The first-order valence-corrected chi connectivity index (χ1v) is 10.1. The van der Waals surface area contributed by atoms with Gasteiger partial charge in [-0.15, -0.1) is 0 Å². The van der Waals surface area contributed by atoms with Crippen LogP contribution < -0.4 is 5.32 Å². The minimum absolute atomic E-state index is 0.0891. The number of ether oxygens (including phenoxy) is 2. The van der Waals surface area contributed by atoms with Crippen LogP contribution in [0.25, 0.3) is 11.1 Å². The summed E-state index contributed by atoms with van der Waals surface area (Å²) < 4.78 is 14.1. The van der Waals surface area contributed by atoms with Gasteiger partial charge in [0.1, 0.15) is 11.9 Å². The first-order chi connectivity index (χ1) is 13.0. The number of carbonyl (C=O) groups is 1. The van der Waals surface area contributed by atoms with Crippen LogP contribution in [0.15, 0.2) is 28.7 Å². The summed E-state index contributed by atoms with van der Waals surface area (Å²) in [6, 6.07) is 7.96. The monoisotopic (exact) mass is 435 g/mol. The number of carbonyl (C=O) groups excluding carboxylic acids is 1. The molecule has 2 unspecified atom stereocenters. The number of aryl methyl sites for hydroxylation is 2. The van der Waals surface area contributed by atoms with Gasteiger partial charge in [-0.25, -0.2) is 0 Å². The van der Waals surface area contributed by atoms with Gasteiger partial charge in [-0.05, 0) is 50.8 Å². The van der Waals surface area contributed by atoms with Gasteiger partial charge in [0.15, 0.2) is 0 Å². The third kappa shape index (κ3) is 4.97. The van der Waals surface area contributed by atoms with Gasteiger partial charge in [0.05, 0.1) is 18.4 Å². The number of nitrogens with zero attached hydrogens (tertiary/aromatic N) is 2. The van der Waals surface area contributed by atoms with Gasteiger partial charge in [0.2, 0.25) is 0 Å². The Hall–Kier alpha value is -1.70. The molecule has 2 heterocycles. The number of benzene rings is 1. The van der Waals surface area contributed by atoms with Gasteiger partial charge in [-0.3, -0.25) is 9.48 Å². The molecule has 0 bridgehead atoms. The van der Waals surface area contributed by atoms with Crippen molar-refractivity contribution in [3.63, 3.8) is 0 Å². The molecule has 7 heteroatoms. The van der Waals surface area contributed by atoms with E-state index in [1.165, 1.54) is 0 Å². The van der Waals surface area contributed by atoms with E-state index in [2.05, 4.69) is 26.3 Å². The number of halogens is 1. The molecule has 0 aliphatic carbocycles. The summed E-state index contributed by atoms with van der Waals surface area (Å²) in [5, 5.41) is 7.46. The molecule has 0 saturated carbocycles. The second-order valence-corrected chi connectivity index (χ2v) is 7.81. The summed E-state index contributed by atoms with van der Waals surface area (Å²) in [6.07, 6.45) is 2.77. The van der Waals surface area contributed by atoms with E-state index in [4.69, 9.17) is 9.47 Å². The zero-order valence-corrected chi connectivity index (χ0v) is 17.6. The number of anilines is 1. The topological polar surface area (TPSA) is 65.4 Å². The summed E-state index contributed by atoms with van der Waals surface area (Å²) >= 11 is 3.45. The summed E-state index contributed by atoms with van der Waals surface area (Å²) in [6.45, 7) is 4.92. The van der Waals surface area contributed by atoms with E-state index in [0.29, 0.717) is 12.4 Å². The summed E-state index contributed by atoms with van der Waals surface area (Å²) in [5.74, 6) is 0.483. The van der Waals surface area contributed by atoms with Gasteiger partial charge < -0.3 is 14.8 Å². The van der Waals surface area contributed by atoms with Crippen LogP contribution in [-0.2, 0) is 21.3 Å². The van der Waals surface area contributed by atoms with Gasteiger partial charge in [0.25, 0.3) is 5.91 Å². The number of hydrogen-bond acceptors (Lipinski definition) is 4. The van der Waals surface area contributed by atoms with Crippen molar-refractivity contribution in [3.05, 3.63) is 34.4 Å². The van der Waals surface area contributed by atoms with Crippen molar-refractivity contribution in [1.82, 2.24) is 9.78 Å². The van der Waals surface area contributed by atoms with E-state index in [-0.39, 0.29) is 12.0 Å². The molecule has 3 rings (SSSR count). The Morgan fingerprint density at radius 2 is 2.15 bits per heavy atom. The van der Waals surface area contributed by atoms with E-state index in [9.17, 15) is 4.79 Å². The number of nitrogens with one attached hydrogen (secondary N) is 1. The van der Waals surface area contributed by atoms with E-state index in [0.717, 1.165) is 47.2 Å². The minimum Gasteiger partial charge on any atom is -0.376 e. The largest absolute Gasteiger partial charge is 0.376 e. The molecule has 27 heavy (non-hydrogen) atoms. The molecule has 1 aliphatic rings. The molecule has 1 aromatic heterocycles. The van der Waals surface area contributed by atoms with Gasteiger partial charge in [-0.1, -0.05) is 28.1 Å². The molecule has 1 amide bonds. The molecule has 6 nitrogen and oxygen atoms in total. The molecule has 1 aromatic carbocycles. The van der Waals surface area contributed by atoms with Gasteiger partial charge in [-0.2, -0.15) is 5.10 Å². The molecule has 1 N–H and O–H groups in total. The van der Waals surface area contributed by atoms with Crippen LogP contribution in [0, 0.1) is 6.92 Å². The van der Waals surface area contributed by atoms with Gasteiger partial charge >= 0.3 is 0 Å². The van der Waals surface area contributed by atoms with Crippen molar-refractivity contribution in [2.24, 2.45) is 7.05 Å². The van der Waals surface area contributed by atoms with Crippen LogP contribution in [0.5, 0.6) is 0 Å². The van der Waals surface area contributed by atoms with E-state index in [1.807, 2.05) is 38.2 Å². The molecular weight excluding hydrogens is 410 g/mol. The van der Waals surface area contributed by atoms with Gasteiger partial charge in [0, 0.05) is 23.7 Å². The van der Waals surface area contributed by atoms with Crippen LogP contribution in [0.1, 0.15) is 31.9 Å². The molecule has 1 aliphatic heterocycles. The van der Waals surface area contributed by atoms with Crippen LogP contribution in [0.2, 0.25) is 0 Å². The fourth-order valence-corrected chi connectivity index (χ4v) is 3.51. The highest BCUT2D eigenvalue weighted by Crippen LogP contribution is 2.32. The normalized spacial score (nSPS) is 18.3. The summed E-state index contributed by atoms with van der Waals surface area (Å²) in [5.41, 5.74) is 2.78. The van der Waals surface area contributed by atoms with Crippen LogP contribution >= 0.6 is 15.9 Å². The fourth-order valence-electron chi connectivity index (χ4n) is 3.25. The standard InChI is InChI=1S/C20H26BrN3O3/c1-13-18(15-7-9-16(21)10-8-15)19(24(3)23-13)22-20(25)14(2)27-12-17-6-4-5-11-26-17/h7-10,14,17H,4-6,11-12H2,1-3H3,(H,22,25). The zero-order valence-electron chi connectivity index (χ0n) is 16.0. The molecule has 2 aromatic rings. The maximum Gasteiger partial charge on any atom is 0.254 e. The predicted octanol–water partition coefficient (Wildman–Crippen LogP) is 4.07. The van der Waals surface area contributed by atoms with Crippen LogP contribution in [0.4, 0.5) is 5.82 Å². The Kier molecular flexibility index (Phi) is 6.68. The lowest BCUT2D eigenvalue weighted by Gasteiger charge is -2.24. The Morgan fingerprint density at radius 1 is 1.41 bits per heavy atom.